The Kier molecular flexibility index (Phi) is 3.04. The molecule has 0 radical (unpaired) electrons. The fourth-order valence-electron chi connectivity index (χ4n) is 2.76. The van der Waals surface area contributed by atoms with Crippen molar-refractivity contribution in [2.75, 3.05) is 11.9 Å². The smallest absolute Gasteiger partial charge is 0.228 e. The van der Waals surface area contributed by atoms with Crippen molar-refractivity contribution >= 4 is 22.5 Å². The van der Waals surface area contributed by atoms with E-state index in [9.17, 15) is 4.79 Å². The van der Waals surface area contributed by atoms with Gasteiger partial charge in [0.25, 0.3) is 0 Å². The number of fused-ring (bicyclic) bond motifs is 2. The van der Waals surface area contributed by atoms with Crippen LogP contribution in [0.15, 0.2) is 42.6 Å². The third-order valence-corrected chi connectivity index (χ3v) is 3.84. The zero-order valence-corrected chi connectivity index (χ0v) is 11.9. The minimum absolute atomic E-state index is 0.0299. The molecule has 0 fully saturated rings. The van der Waals surface area contributed by atoms with Gasteiger partial charge in [-0.05, 0) is 35.4 Å². The average Bonchev–Trinajstić information content (AvgIpc) is 3.14. The minimum Gasteiger partial charge on any atom is -0.493 e. The highest BCUT2D eigenvalue weighted by Crippen LogP contribution is 2.26. The van der Waals surface area contributed by atoms with Gasteiger partial charge in [-0.1, -0.05) is 12.1 Å². The molecule has 5 nitrogen and oxygen atoms in total. The van der Waals surface area contributed by atoms with Gasteiger partial charge in [-0.25, -0.2) is 0 Å². The zero-order chi connectivity index (χ0) is 14.9. The molecule has 0 aliphatic carbocycles. The first-order valence-electron chi connectivity index (χ1n) is 7.25. The first-order valence-corrected chi connectivity index (χ1v) is 7.25. The van der Waals surface area contributed by atoms with E-state index in [2.05, 4.69) is 21.6 Å². The van der Waals surface area contributed by atoms with Crippen LogP contribution in [0.1, 0.15) is 11.1 Å². The predicted molar refractivity (Wildman–Crippen MR) is 84.1 cm³/mol. The SMILES string of the molecule is O=C(Cc1ccc2c(c1)CCO2)Nc1ccc2cn[nH]c2c1. The van der Waals surface area contributed by atoms with Crippen molar-refractivity contribution in [3.8, 4) is 5.75 Å². The summed E-state index contributed by atoms with van der Waals surface area (Å²) in [6, 6.07) is 11.6. The number of hydrogen-bond acceptors (Lipinski definition) is 3. The number of nitrogens with one attached hydrogen (secondary N) is 2. The van der Waals surface area contributed by atoms with E-state index in [0.717, 1.165) is 40.9 Å². The summed E-state index contributed by atoms with van der Waals surface area (Å²) in [4.78, 5) is 12.2. The summed E-state index contributed by atoms with van der Waals surface area (Å²) in [5, 5.41) is 10.8. The molecule has 0 bridgehead atoms. The van der Waals surface area contributed by atoms with E-state index >= 15 is 0 Å². The summed E-state index contributed by atoms with van der Waals surface area (Å²) in [6.45, 7) is 0.731. The van der Waals surface area contributed by atoms with Gasteiger partial charge in [0.2, 0.25) is 5.91 Å². The second-order valence-corrected chi connectivity index (χ2v) is 5.44. The molecule has 110 valence electrons. The molecule has 0 unspecified atom stereocenters. The van der Waals surface area contributed by atoms with Crippen LogP contribution in [0.25, 0.3) is 10.9 Å². The number of amides is 1. The van der Waals surface area contributed by atoms with Gasteiger partial charge >= 0.3 is 0 Å². The Hall–Kier alpha value is -2.82. The topological polar surface area (TPSA) is 67.0 Å². The largest absolute Gasteiger partial charge is 0.493 e. The fourth-order valence-corrected chi connectivity index (χ4v) is 2.76. The van der Waals surface area contributed by atoms with E-state index < -0.39 is 0 Å². The summed E-state index contributed by atoms with van der Waals surface area (Å²) >= 11 is 0. The van der Waals surface area contributed by atoms with Crippen LogP contribution < -0.4 is 10.1 Å². The highest BCUT2D eigenvalue weighted by molar-refractivity contribution is 5.94. The first kappa shape index (κ1) is 12.9. The van der Waals surface area contributed by atoms with Crippen molar-refractivity contribution in [2.45, 2.75) is 12.8 Å². The summed E-state index contributed by atoms with van der Waals surface area (Å²) in [5.41, 5.74) is 3.87. The highest BCUT2D eigenvalue weighted by Gasteiger charge is 2.13. The van der Waals surface area contributed by atoms with Crippen LogP contribution in [0.4, 0.5) is 5.69 Å². The van der Waals surface area contributed by atoms with Crippen molar-refractivity contribution in [3.05, 3.63) is 53.7 Å². The maximum atomic E-state index is 12.2. The lowest BCUT2D eigenvalue weighted by Crippen LogP contribution is -2.14. The van der Waals surface area contributed by atoms with Gasteiger partial charge in [-0.2, -0.15) is 5.10 Å². The summed E-state index contributed by atoms with van der Waals surface area (Å²) in [7, 11) is 0. The van der Waals surface area contributed by atoms with E-state index in [4.69, 9.17) is 4.74 Å². The number of carbonyl (C=O) groups excluding carboxylic acids is 1. The van der Waals surface area contributed by atoms with Gasteiger partial charge < -0.3 is 10.1 Å². The third-order valence-electron chi connectivity index (χ3n) is 3.84. The van der Waals surface area contributed by atoms with Crippen molar-refractivity contribution in [1.82, 2.24) is 10.2 Å². The quantitative estimate of drug-likeness (QED) is 0.780. The van der Waals surface area contributed by atoms with Crippen LogP contribution in [-0.2, 0) is 17.6 Å². The maximum Gasteiger partial charge on any atom is 0.228 e. The lowest BCUT2D eigenvalue weighted by molar-refractivity contribution is -0.115. The molecule has 2 aromatic carbocycles. The van der Waals surface area contributed by atoms with Crippen LogP contribution in [0, 0.1) is 0 Å². The van der Waals surface area contributed by atoms with Gasteiger partial charge in [-0.3, -0.25) is 9.89 Å². The number of anilines is 1. The van der Waals surface area contributed by atoms with Gasteiger partial charge in [0, 0.05) is 17.5 Å². The molecule has 22 heavy (non-hydrogen) atoms. The van der Waals surface area contributed by atoms with Crippen LogP contribution in [0.3, 0.4) is 0 Å². The lowest BCUT2D eigenvalue weighted by atomic mass is 10.1. The lowest BCUT2D eigenvalue weighted by Gasteiger charge is -2.07. The van der Waals surface area contributed by atoms with Crippen LogP contribution >= 0.6 is 0 Å². The Morgan fingerprint density at radius 1 is 1.27 bits per heavy atom. The summed E-state index contributed by atoms with van der Waals surface area (Å²) in [6.07, 6.45) is 3.03. The molecule has 2 N–H and O–H groups in total. The van der Waals surface area contributed by atoms with Crippen molar-refractivity contribution < 1.29 is 9.53 Å². The molecule has 1 aliphatic heterocycles. The van der Waals surface area contributed by atoms with Gasteiger partial charge in [0.05, 0.1) is 24.7 Å². The van der Waals surface area contributed by atoms with Gasteiger partial charge in [0.15, 0.2) is 0 Å². The number of nitrogens with zero attached hydrogens (tertiary/aromatic N) is 1. The minimum atomic E-state index is -0.0299. The molecular weight excluding hydrogens is 278 g/mol. The molecule has 0 saturated heterocycles. The average molecular weight is 293 g/mol. The molecule has 4 rings (SSSR count). The maximum absolute atomic E-state index is 12.2. The van der Waals surface area contributed by atoms with E-state index in [-0.39, 0.29) is 5.91 Å². The van der Waals surface area contributed by atoms with Gasteiger partial charge in [-0.15, -0.1) is 0 Å². The molecule has 5 heteroatoms. The third kappa shape index (κ3) is 2.41. The molecule has 1 aromatic heterocycles. The van der Waals surface area contributed by atoms with Crippen LogP contribution in [0.2, 0.25) is 0 Å². The molecule has 0 saturated carbocycles. The van der Waals surface area contributed by atoms with E-state index in [1.165, 1.54) is 5.56 Å². The Balaban J connectivity index is 1.47. The highest BCUT2D eigenvalue weighted by atomic mass is 16.5. The van der Waals surface area contributed by atoms with Crippen LogP contribution in [-0.4, -0.2) is 22.7 Å². The van der Waals surface area contributed by atoms with E-state index in [1.807, 2.05) is 30.3 Å². The number of carbonyl (C=O) groups is 1. The second-order valence-electron chi connectivity index (χ2n) is 5.44. The molecule has 3 aromatic rings. The first-order chi connectivity index (χ1) is 10.8. The van der Waals surface area contributed by atoms with Crippen molar-refractivity contribution in [2.24, 2.45) is 0 Å². The summed E-state index contributed by atoms with van der Waals surface area (Å²) in [5.74, 6) is 0.909. The number of benzene rings is 2. The summed E-state index contributed by atoms with van der Waals surface area (Å²) < 4.78 is 5.48. The predicted octanol–water partition coefficient (Wildman–Crippen LogP) is 2.68. The zero-order valence-electron chi connectivity index (χ0n) is 11.9. The Bertz CT molecular complexity index is 854. The Morgan fingerprint density at radius 2 is 2.23 bits per heavy atom. The van der Waals surface area contributed by atoms with Crippen LogP contribution in [0.5, 0.6) is 5.75 Å². The number of rotatable bonds is 3. The molecule has 0 spiro atoms. The molecule has 2 heterocycles. The standard InChI is InChI=1S/C17H15N3O2/c21-17(8-11-1-4-16-12(7-11)5-6-22-16)19-14-3-2-13-10-18-20-15(13)9-14/h1-4,7,9-10H,5-6,8H2,(H,18,20)(H,19,21). The number of hydrogen-bond donors (Lipinski definition) is 2. The molecule has 1 amide bonds. The fraction of sp³-hybridized carbons (Fsp3) is 0.176. The Morgan fingerprint density at radius 3 is 3.18 bits per heavy atom. The van der Waals surface area contributed by atoms with E-state index in [1.54, 1.807) is 6.20 Å². The normalized spacial score (nSPS) is 12.9. The second kappa shape index (κ2) is 5.18. The number of aromatic nitrogens is 2. The number of ether oxygens (including phenoxy) is 1. The van der Waals surface area contributed by atoms with Crippen molar-refractivity contribution in [3.63, 3.8) is 0 Å². The number of H-pyrrole nitrogens is 1. The van der Waals surface area contributed by atoms with Crippen molar-refractivity contribution in [1.29, 1.82) is 0 Å². The monoisotopic (exact) mass is 293 g/mol. The Labute approximate surface area is 127 Å². The number of aromatic amines is 1. The van der Waals surface area contributed by atoms with Gasteiger partial charge in [0.1, 0.15) is 5.75 Å². The molecule has 0 atom stereocenters. The van der Waals surface area contributed by atoms with E-state index in [0.29, 0.717) is 6.42 Å². The molecule has 1 aliphatic rings. The molecular formula is C17H15N3O2.